The highest BCUT2D eigenvalue weighted by atomic mass is 35.5. The lowest BCUT2D eigenvalue weighted by Crippen LogP contribution is -2.40. The van der Waals surface area contributed by atoms with Gasteiger partial charge in [0.2, 0.25) is 0 Å². The van der Waals surface area contributed by atoms with Gasteiger partial charge >= 0.3 is 6.03 Å². The second kappa shape index (κ2) is 7.97. The summed E-state index contributed by atoms with van der Waals surface area (Å²) in [5, 5.41) is 3.54. The molecule has 1 N–H and O–H groups in total. The first-order valence-corrected chi connectivity index (χ1v) is 9.08. The fraction of sp³-hybridized carbons (Fsp3) is 0.611. The maximum absolute atomic E-state index is 12.2. The quantitative estimate of drug-likeness (QED) is 0.882. The third-order valence-corrected chi connectivity index (χ3v) is 4.98. The van der Waals surface area contributed by atoms with Gasteiger partial charge in [-0.1, -0.05) is 24.4 Å². The fourth-order valence-corrected chi connectivity index (χ4v) is 3.71. The Kier molecular flexibility index (Phi) is 5.72. The van der Waals surface area contributed by atoms with Gasteiger partial charge in [0.15, 0.2) is 11.5 Å². The number of carbonyl (C=O) groups excluding carboxylic acids is 1. The van der Waals surface area contributed by atoms with Crippen LogP contribution in [-0.2, 0) is 6.42 Å². The molecule has 2 aliphatic rings. The van der Waals surface area contributed by atoms with Crippen LogP contribution in [0.25, 0.3) is 0 Å². The Morgan fingerprint density at radius 2 is 2.04 bits per heavy atom. The van der Waals surface area contributed by atoms with E-state index in [9.17, 15) is 4.79 Å². The van der Waals surface area contributed by atoms with Crippen LogP contribution in [0, 0.1) is 5.92 Å². The SMILES string of the molecule is CN(CC1CCCC1)C(=O)NCCc1cc(Cl)c2c(c1)OCCO2. The van der Waals surface area contributed by atoms with Crippen LogP contribution in [0.1, 0.15) is 31.2 Å². The topological polar surface area (TPSA) is 50.8 Å². The summed E-state index contributed by atoms with van der Waals surface area (Å²) >= 11 is 6.23. The minimum Gasteiger partial charge on any atom is -0.486 e. The van der Waals surface area contributed by atoms with E-state index in [1.54, 1.807) is 4.90 Å². The molecule has 6 heteroatoms. The van der Waals surface area contributed by atoms with Gasteiger partial charge in [-0.2, -0.15) is 0 Å². The predicted octanol–water partition coefficient (Wildman–Crippen LogP) is 3.49. The van der Waals surface area contributed by atoms with Crippen LogP contribution in [0.4, 0.5) is 4.79 Å². The molecule has 1 saturated carbocycles. The lowest BCUT2D eigenvalue weighted by Gasteiger charge is -2.22. The molecule has 0 saturated heterocycles. The van der Waals surface area contributed by atoms with Crippen molar-refractivity contribution in [3.05, 3.63) is 22.7 Å². The van der Waals surface area contributed by atoms with Gasteiger partial charge in [0.05, 0.1) is 5.02 Å². The number of ether oxygens (including phenoxy) is 2. The summed E-state index contributed by atoms with van der Waals surface area (Å²) in [5.74, 6) is 1.97. The smallest absolute Gasteiger partial charge is 0.317 e. The van der Waals surface area contributed by atoms with Crippen molar-refractivity contribution in [2.45, 2.75) is 32.1 Å². The molecular weight excluding hydrogens is 328 g/mol. The van der Waals surface area contributed by atoms with E-state index in [0.717, 1.165) is 12.1 Å². The Labute approximate surface area is 148 Å². The lowest BCUT2D eigenvalue weighted by molar-refractivity contribution is 0.171. The average Bonchev–Trinajstić information content (AvgIpc) is 3.08. The Hall–Kier alpha value is -1.62. The number of urea groups is 1. The standard InChI is InChI=1S/C18H25ClN2O3/c1-21(12-13-4-2-3-5-13)18(22)20-7-6-14-10-15(19)17-16(11-14)23-8-9-24-17/h10-11,13H,2-9,12H2,1H3,(H,20,22). The van der Waals surface area contributed by atoms with Crippen molar-refractivity contribution in [3.8, 4) is 11.5 Å². The molecule has 1 aliphatic heterocycles. The monoisotopic (exact) mass is 352 g/mol. The lowest BCUT2D eigenvalue weighted by atomic mass is 10.1. The zero-order valence-electron chi connectivity index (χ0n) is 14.1. The summed E-state index contributed by atoms with van der Waals surface area (Å²) in [4.78, 5) is 14.0. The van der Waals surface area contributed by atoms with Crippen LogP contribution >= 0.6 is 11.6 Å². The summed E-state index contributed by atoms with van der Waals surface area (Å²) in [5.41, 5.74) is 1.03. The van der Waals surface area contributed by atoms with Crippen molar-refractivity contribution in [2.24, 2.45) is 5.92 Å². The predicted molar refractivity (Wildman–Crippen MR) is 94.1 cm³/mol. The molecule has 1 aliphatic carbocycles. The number of rotatable bonds is 5. The van der Waals surface area contributed by atoms with E-state index in [1.807, 2.05) is 19.2 Å². The minimum absolute atomic E-state index is 0.00876. The van der Waals surface area contributed by atoms with E-state index in [0.29, 0.717) is 48.6 Å². The van der Waals surface area contributed by atoms with Gasteiger partial charge in [-0.3, -0.25) is 0 Å². The number of hydrogen-bond donors (Lipinski definition) is 1. The number of benzene rings is 1. The van der Waals surface area contributed by atoms with Crippen molar-refractivity contribution in [2.75, 3.05) is 33.4 Å². The summed E-state index contributed by atoms with van der Waals surface area (Å²) < 4.78 is 11.1. The van der Waals surface area contributed by atoms with Crippen LogP contribution in [0.2, 0.25) is 5.02 Å². The Balaban J connectivity index is 1.47. The molecule has 0 bridgehead atoms. The molecule has 5 nitrogen and oxygen atoms in total. The highest BCUT2D eigenvalue weighted by molar-refractivity contribution is 6.32. The van der Waals surface area contributed by atoms with E-state index in [-0.39, 0.29) is 6.03 Å². The molecule has 1 aromatic carbocycles. The van der Waals surface area contributed by atoms with Gasteiger partial charge in [0, 0.05) is 20.1 Å². The Bertz CT molecular complexity index is 588. The van der Waals surface area contributed by atoms with Crippen LogP contribution < -0.4 is 14.8 Å². The average molecular weight is 353 g/mol. The Morgan fingerprint density at radius 3 is 2.83 bits per heavy atom. The molecule has 1 heterocycles. The van der Waals surface area contributed by atoms with Crippen molar-refractivity contribution >= 4 is 17.6 Å². The number of nitrogens with zero attached hydrogens (tertiary/aromatic N) is 1. The molecule has 0 unspecified atom stereocenters. The van der Waals surface area contributed by atoms with E-state index in [2.05, 4.69) is 5.32 Å². The van der Waals surface area contributed by atoms with Gasteiger partial charge in [-0.15, -0.1) is 0 Å². The van der Waals surface area contributed by atoms with Gasteiger partial charge in [0.25, 0.3) is 0 Å². The van der Waals surface area contributed by atoms with Gasteiger partial charge in [-0.05, 0) is 42.9 Å². The normalized spacial score (nSPS) is 16.9. The van der Waals surface area contributed by atoms with E-state index >= 15 is 0 Å². The number of fused-ring (bicyclic) bond motifs is 1. The second-order valence-electron chi connectivity index (χ2n) is 6.61. The molecule has 0 atom stereocenters. The third kappa shape index (κ3) is 4.26. The molecule has 1 fully saturated rings. The number of halogens is 1. The summed E-state index contributed by atoms with van der Waals surface area (Å²) in [7, 11) is 1.87. The number of carbonyl (C=O) groups is 1. The largest absolute Gasteiger partial charge is 0.486 e. The first kappa shape index (κ1) is 17.2. The maximum atomic E-state index is 12.2. The summed E-state index contributed by atoms with van der Waals surface area (Å²) in [6.07, 6.45) is 5.79. The molecule has 0 aromatic heterocycles. The molecule has 0 radical (unpaired) electrons. The van der Waals surface area contributed by atoms with E-state index < -0.39 is 0 Å². The van der Waals surface area contributed by atoms with Crippen molar-refractivity contribution in [1.82, 2.24) is 10.2 Å². The highest BCUT2D eigenvalue weighted by Gasteiger charge is 2.19. The zero-order chi connectivity index (χ0) is 16.9. The van der Waals surface area contributed by atoms with Crippen molar-refractivity contribution in [1.29, 1.82) is 0 Å². The Morgan fingerprint density at radius 1 is 1.29 bits per heavy atom. The number of nitrogens with one attached hydrogen (secondary N) is 1. The van der Waals surface area contributed by atoms with Crippen LogP contribution in [-0.4, -0.2) is 44.3 Å². The highest BCUT2D eigenvalue weighted by Crippen LogP contribution is 2.38. The van der Waals surface area contributed by atoms with E-state index in [4.69, 9.17) is 21.1 Å². The zero-order valence-corrected chi connectivity index (χ0v) is 14.9. The minimum atomic E-state index is -0.00876. The van der Waals surface area contributed by atoms with Gasteiger partial charge in [0.1, 0.15) is 13.2 Å². The van der Waals surface area contributed by atoms with Crippen LogP contribution in [0.15, 0.2) is 12.1 Å². The van der Waals surface area contributed by atoms with Crippen LogP contribution in [0.5, 0.6) is 11.5 Å². The fourth-order valence-electron chi connectivity index (χ4n) is 3.42. The number of amides is 2. The molecule has 2 amide bonds. The third-order valence-electron chi connectivity index (χ3n) is 4.70. The first-order valence-electron chi connectivity index (χ1n) is 8.70. The summed E-state index contributed by atoms with van der Waals surface area (Å²) in [6.45, 7) is 2.48. The molecule has 1 aromatic rings. The van der Waals surface area contributed by atoms with Crippen molar-refractivity contribution in [3.63, 3.8) is 0 Å². The molecular formula is C18H25ClN2O3. The number of hydrogen-bond acceptors (Lipinski definition) is 3. The van der Waals surface area contributed by atoms with E-state index in [1.165, 1.54) is 25.7 Å². The molecule has 132 valence electrons. The molecule has 0 spiro atoms. The summed E-state index contributed by atoms with van der Waals surface area (Å²) in [6, 6.07) is 3.81. The van der Waals surface area contributed by atoms with Gasteiger partial charge in [-0.25, -0.2) is 4.79 Å². The van der Waals surface area contributed by atoms with Crippen molar-refractivity contribution < 1.29 is 14.3 Å². The van der Waals surface area contributed by atoms with Gasteiger partial charge < -0.3 is 19.7 Å². The maximum Gasteiger partial charge on any atom is 0.317 e. The second-order valence-corrected chi connectivity index (χ2v) is 7.02. The molecule has 3 rings (SSSR count). The first-order chi connectivity index (χ1) is 11.6. The van der Waals surface area contributed by atoms with Crippen LogP contribution in [0.3, 0.4) is 0 Å². The molecule has 24 heavy (non-hydrogen) atoms.